The van der Waals surface area contributed by atoms with Gasteiger partial charge >= 0.3 is 12.1 Å². The van der Waals surface area contributed by atoms with Gasteiger partial charge in [-0.05, 0) is 36.1 Å². The molecule has 1 atom stereocenters. The average Bonchev–Trinajstić information content (AvgIpc) is 3.01. The van der Waals surface area contributed by atoms with Crippen molar-refractivity contribution in [3.63, 3.8) is 0 Å². The molecule has 0 saturated carbocycles. The molecule has 2 aromatic carbocycles. The van der Waals surface area contributed by atoms with E-state index in [1.54, 1.807) is 38.1 Å². The van der Waals surface area contributed by atoms with Gasteiger partial charge in [-0.15, -0.1) is 0 Å². The van der Waals surface area contributed by atoms with Gasteiger partial charge in [0.15, 0.2) is 0 Å². The van der Waals surface area contributed by atoms with Crippen molar-refractivity contribution in [1.82, 2.24) is 0 Å². The van der Waals surface area contributed by atoms with Crippen molar-refractivity contribution in [3.05, 3.63) is 64.7 Å². The minimum atomic E-state index is -5.20. The van der Waals surface area contributed by atoms with Crippen LogP contribution in [0.2, 0.25) is 0 Å². The van der Waals surface area contributed by atoms with Gasteiger partial charge in [0.2, 0.25) is 5.60 Å². The lowest BCUT2D eigenvalue weighted by atomic mass is 9.74. The number of fused-ring (bicyclic) bond motifs is 1. The van der Waals surface area contributed by atoms with Crippen molar-refractivity contribution < 1.29 is 32.6 Å². The fraction of sp³-hybridized carbons (Fsp3) is 0.364. The highest BCUT2D eigenvalue weighted by Gasteiger charge is 2.61. The molecular formula is C22H22F3NO4. The largest absolute Gasteiger partial charge is 0.457 e. The molecule has 3 rings (SSSR count). The standard InChI is InChI=1S/C22H22F3NO4/c1-13-4-6-15(7-5-13)20(2,3)12-21(29,22(23,24)25)19(28)26-16-8-9-17-14(10-16)11-30-18(17)27/h4-10,29H,11-12H2,1-3H3,(H,26,28). The zero-order valence-electron chi connectivity index (χ0n) is 16.8. The topological polar surface area (TPSA) is 75.6 Å². The third-order valence-electron chi connectivity index (χ3n) is 5.32. The molecule has 2 N–H and O–H groups in total. The summed E-state index contributed by atoms with van der Waals surface area (Å²) in [4.78, 5) is 24.1. The van der Waals surface area contributed by atoms with Gasteiger partial charge in [-0.25, -0.2) is 4.79 Å². The molecule has 1 unspecified atom stereocenters. The number of aliphatic hydroxyl groups is 1. The molecule has 1 heterocycles. The second-order valence-electron chi connectivity index (χ2n) is 8.19. The number of rotatable bonds is 5. The second kappa shape index (κ2) is 7.43. The van der Waals surface area contributed by atoms with Crippen LogP contribution in [0.1, 0.15) is 47.3 Å². The molecule has 0 aromatic heterocycles. The van der Waals surface area contributed by atoms with Gasteiger partial charge in [0.1, 0.15) is 6.61 Å². The van der Waals surface area contributed by atoms with Crippen LogP contribution in [0.3, 0.4) is 0 Å². The van der Waals surface area contributed by atoms with E-state index in [2.05, 4.69) is 5.32 Å². The first-order chi connectivity index (χ1) is 13.8. The summed E-state index contributed by atoms with van der Waals surface area (Å²) in [7, 11) is 0. The molecule has 1 aliphatic heterocycles. The van der Waals surface area contributed by atoms with Crippen molar-refractivity contribution in [3.8, 4) is 0 Å². The van der Waals surface area contributed by atoms with E-state index in [9.17, 15) is 27.9 Å². The number of ether oxygens (including phenoxy) is 1. The SMILES string of the molecule is Cc1ccc(C(C)(C)CC(O)(C(=O)Nc2ccc3c(c2)COC3=O)C(F)(F)F)cc1. The lowest BCUT2D eigenvalue weighted by Crippen LogP contribution is -2.57. The minimum Gasteiger partial charge on any atom is -0.457 e. The maximum Gasteiger partial charge on any atom is 0.426 e. The van der Waals surface area contributed by atoms with E-state index in [4.69, 9.17) is 4.74 Å². The maximum absolute atomic E-state index is 13.9. The number of esters is 1. The van der Waals surface area contributed by atoms with Crippen molar-refractivity contribution in [2.75, 3.05) is 5.32 Å². The fourth-order valence-electron chi connectivity index (χ4n) is 3.50. The fourth-order valence-corrected chi connectivity index (χ4v) is 3.50. The maximum atomic E-state index is 13.9. The van der Waals surface area contributed by atoms with Crippen LogP contribution in [0.4, 0.5) is 18.9 Å². The Bertz CT molecular complexity index is 983. The van der Waals surface area contributed by atoms with E-state index in [0.717, 1.165) is 5.56 Å². The van der Waals surface area contributed by atoms with Gasteiger partial charge in [0.25, 0.3) is 5.91 Å². The van der Waals surface area contributed by atoms with Crippen LogP contribution in [0.15, 0.2) is 42.5 Å². The summed E-state index contributed by atoms with van der Waals surface area (Å²) in [6.07, 6.45) is -6.07. The Labute approximate surface area is 171 Å². The average molecular weight is 421 g/mol. The first kappa shape index (κ1) is 21.8. The molecule has 0 spiro atoms. The van der Waals surface area contributed by atoms with Gasteiger partial charge in [0, 0.05) is 17.7 Å². The summed E-state index contributed by atoms with van der Waals surface area (Å²) in [6, 6.07) is 10.9. The van der Waals surface area contributed by atoms with Crippen LogP contribution in [0.25, 0.3) is 0 Å². The van der Waals surface area contributed by atoms with E-state index in [-0.39, 0.29) is 12.3 Å². The number of nitrogens with one attached hydrogen (secondary N) is 1. The molecular weight excluding hydrogens is 399 g/mol. The predicted molar refractivity (Wildman–Crippen MR) is 104 cm³/mol. The zero-order valence-corrected chi connectivity index (χ0v) is 16.8. The smallest absolute Gasteiger partial charge is 0.426 e. The van der Waals surface area contributed by atoms with E-state index in [1.807, 2.05) is 6.92 Å². The molecule has 5 nitrogen and oxygen atoms in total. The molecule has 0 aliphatic carbocycles. The van der Waals surface area contributed by atoms with Crippen molar-refractivity contribution >= 4 is 17.6 Å². The van der Waals surface area contributed by atoms with E-state index in [0.29, 0.717) is 16.7 Å². The Morgan fingerprint density at radius 1 is 1.13 bits per heavy atom. The van der Waals surface area contributed by atoms with Gasteiger partial charge < -0.3 is 15.2 Å². The summed E-state index contributed by atoms with van der Waals surface area (Å²) >= 11 is 0. The van der Waals surface area contributed by atoms with Crippen molar-refractivity contribution in [2.45, 2.75) is 51.0 Å². The number of halogens is 3. The summed E-state index contributed by atoms with van der Waals surface area (Å²) in [5, 5.41) is 12.7. The Morgan fingerprint density at radius 3 is 2.37 bits per heavy atom. The van der Waals surface area contributed by atoms with Crippen LogP contribution in [-0.2, 0) is 21.6 Å². The highest BCUT2D eigenvalue weighted by Crippen LogP contribution is 2.42. The quantitative estimate of drug-likeness (QED) is 0.708. The molecule has 0 saturated heterocycles. The van der Waals surface area contributed by atoms with Crippen molar-refractivity contribution in [2.24, 2.45) is 0 Å². The van der Waals surface area contributed by atoms with Crippen LogP contribution in [0.5, 0.6) is 0 Å². The lowest BCUT2D eigenvalue weighted by Gasteiger charge is -2.36. The first-order valence-electron chi connectivity index (χ1n) is 9.31. The number of anilines is 1. The monoisotopic (exact) mass is 421 g/mol. The number of aryl methyl sites for hydroxylation is 1. The third kappa shape index (κ3) is 4.05. The number of carbonyl (C=O) groups excluding carboxylic acids is 2. The number of cyclic esters (lactones) is 1. The third-order valence-corrected chi connectivity index (χ3v) is 5.32. The summed E-state index contributed by atoms with van der Waals surface area (Å²) in [6.45, 7) is 4.91. The van der Waals surface area contributed by atoms with E-state index < -0.39 is 35.5 Å². The number of hydrogen-bond acceptors (Lipinski definition) is 4. The predicted octanol–water partition coefficient (Wildman–Crippen LogP) is 4.27. The van der Waals surface area contributed by atoms with Gasteiger partial charge in [-0.3, -0.25) is 4.79 Å². The van der Waals surface area contributed by atoms with Crippen LogP contribution in [-0.4, -0.2) is 28.8 Å². The van der Waals surface area contributed by atoms with E-state index in [1.165, 1.54) is 18.2 Å². The Balaban J connectivity index is 1.88. The summed E-state index contributed by atoms with van der Waals surface area (Å²) in [5.41, 5.74) is -2.48. The highest BCUT2D eigenvalue weighted by atomic mass is 19.4. The Hall–Kier alpha value is -2.87. The van der Waals surface area contributed by atoms with E-state index >= 15 is 0 Å². The number of benzene rings is 2. The van der Waals surface area contributed by atoms with Crippen molar-refractivity contribution in [1.29, 1.82) is 0 Å². The molecule has 160 valence electrons. The Kier molecular flexibility index (Phi) is 5.41. The van der Waals surface area contributed by atoms with Crippen LogP contribution < -0.4 is 5.32 Å². The van der Waals surface area contributed by atoms with Crippen LogP contribution in [0, 0.1) is 6.92 Å². The Morgan fingerprint density at radius 2 is 1.77 bits per heavy atom. The number of alkyl halides is 3. The second-order valence-corrected chi connectivity index (χ2v) is 8.19. The first-order valence-corrected chi connectivity index (χ1v) is 9.31. The summed E-state index contributed by atoms with van der Waals surface area (Å²) < 4.78 is 46.4. The van der Waals surface area contributed by atoms with Gasteiger partial charge in [-0.1, -0.05) is 43.7 Å². The molecule has 0 fully saturated rings. The molecule has 1 amide bonds. The van der Waals surface area contributed by atoms with Crippen LogP contribution >= 0.6 is 0 Å². The molecule has 30 heavy (non-hydrogen) atoms. The normalized spacial score (nSPS) is 15.9. The zero-order chi connectivity index (χ0) is 22.3. The molecule has 8 heteroatoms. The lowest BCUT2D eigenvalue weighted by molar-refractivity contribution is -0.254. The highest BCUT2D eigenvalue weighted by molar-refractivity contribution is 5.99. The number of amides is 1. The number of carbonyl (C=O) groups is 2. The molecule has 0 radical (unpaired) electrons. The number of hydrogen-bond donors (Lipinski definition) is 2. The van der Waals surface area contributed by atoms with Gasteiger partial charge in [-0.2, -0.15) is 13.2 Å². The minimum absolute atomic E-state index is 0.0259. The van der Waals surface area contributed by atoms with Gasteiger partial charge in [0.05, 0.1) is 5.56 Å². The molecule has 2 aromatic rings. The molecule has 0 bridgehead atoms. The molecule has 1 aliphatic rings. The summed E-state index contributed by atoms with van der Waals surface area (Å²) in [5.74, 6) is -2.12.